The van der Waals surface area contributed by atoms with E-state index in [0.29, 0.717) is 18.3 Å². The van der Waals surface area contributed by atoms with Crippen molar-refractivity contribution in [3.8, 4) is 0 Å². The molecule has 0 N–H and O–H groups in total. The van der Waals surface area contributed by atoms with Crippen molar-refractivity contribution < 1.29 is 14.2 Å². The Labute approximate surface area is 190 Å². The van der Waals surface area contributed by atoms with Gasteiger partial charge < -0.3 is 14.2 Å². The summed E-state index contributed by atoms with van der Waals surface area (Å²) in [6.07, 6.45) is 4.27. The predicted molar refractivity (Wildman–Crippen MR) is 125 cm³/mol. The first-order valence-corrected chi connectivity index (χ1v) is 11.8. The molecule has 3 heteroatoms. The van der Waals surface area contributed by atoms with E-state index in [-0.39, 0.29) is 5.41 Å². The van der Waals surface area contributed by atoms with E-state index in [1.54, 1.807) is 0 Å². The maximum Gasteiger partial charge on any atom is 0.0850 e. The zero-order chi connectivity index (χ0) is 21.5. The molecule has 3 heterocycles. The molecule has 0 amide bonds. The molecule has 3 unspecified atom stereocenters. The number of ether oxygens (including phenoxy) is 3. The molecule has 3 aliphatic heterocycles. The highest BCUT2D eigenvalue weighted by Crippen LogP contribution is 2.39. The molecule has 0 aliphatic carbocycles. The summed E-state index contributed by atoms with van der Waals surface area (Å²) in [5.74, 6) is 0. The molecule has 3 aromatic rings. The van der Waals surface area contributed by atoms with Crippen molar-refractivity contribution >= 4 is 0 Å². The van der Waals surface area contributed by atoms with Crippen LogP contribution in [0.3, 0.4) is 0 Å². The van der Waals surface area contributed by atoms with Crippen molar-refractivity contribution in [2.45, 2.75) is 49.9 Å². The smallest absolute Gasteiger partial charge is 0.0850 e. The van der Waals surface area contributed by atoms with E-state index in [9.17, 15) is 0 Å². The Morgan fingerprint density at radius 1 is 0.531 bits per heavy atom. The second-order valence-electron chi connectivity index (χ2n) is 9.69. The number of benzene rings is 3. The van der Waals surface area contributed by atoms with Crippen LogP contribution in [0.15, 0.2) is 72.8 Å². The van der Waals surface area contributed by atoms with Gasteiger partial charge >= 0.3 is 0 Å². The Hall–Kier alpha value is -2.46. The lowest BCUT2D eigenvalue weighted by molar-refractivity contribution is 0.407. The Kier molecular flexibility index (Phi) is 5.14. The minimum absolute atomic E-state index is 0.224. The molecule has 0 radical (unpaired) electrons. The zero-order valence-electron chi connectivity index (χ0n) is 18.6. The molecule has 0 aromatic heterocycles. The van der Waals surface area contributed by atoms with Gasteiger partial charge in [-0.1, -0.05) is 72.8 Å². The maximum atomic E-state index is 5.42. The first kappa shape index (κ1) is 20.2. The van der Waals surface area contributed by atoms with Crippen molar-refractivity contribution in [2.24, 2.45) is 0 Å². The van der Waals surface area contributed by atoms with E-state index in [2.05, 4.69) is 79.7 Å². The molecule has 32 heavy (non-hydrogen) atoms. The second kappa shape index (κ2) is 8.15. The molecular weight excluding hydrogens is 396 g/mol. The molecule has 3 saturated heterocycles. The first-order chi connectivity index (χ1) is 15.7. The SMILES string of the molecule is CC(c1ccc(CC2CO2)cc1)(c1ccc(CC2CO2)cc1)c1ccc(CC2CO2)cc1. The van der Waals surface area contributed by atoms with Crippen molar-refractivity contribution in [1.29, 1.82) is 0 Å². The van der Waals surface area contributed by atoms with Crippen LogP contribution in [0.5, 0.6) is 0 Å². The van der Waals surface area contributed by atoms with Crippen LogP contribution < -0.4 is 0 Å². The predicted octanol–water partition coefficient (Wildman–Crippen LogP) is 4.86. The third-order valence-corrected chi connectivity index (χ3v) is 7.19. The average Bonchev–Trinajstić information content (AvgIpc) is 3.66. The summed E-state index contributed by atoms with van der Waals surface area (Å²) in [5.41, 5.74) is 7.76. The van der Waals surface area contributed by atoms with E-state index in [1.165, 1.54) is 33.4 Å². The van der Waals surface area contributed by atoms with Gasteiger partial charge in [-0.2, -0.15) is 0 Å². The minimum atomic E-state index is -0.224. The van der Waals surface area contributed by atoms with Gasteiger partial charge in [-0.25, -0.2) is 0 Å². The van der Waals surface area contributed by atoms with Crippen LogP contribution in [0.2, 0.25) is 0 Å². The van der Waals surface area contributed by atoms with E-state index in [0.717, 1.165) is 39.1 Å². The highest BCUT2D eigenvalue weighted by Gasteiger charge is 2.32. The Bertz CT molecular complexity index is 917. The van der Waals surface area contributed by atoms with Crippen LogP contribution in [0.25, 0.3) is 0 Å². The molecule has 3 atom stereocenters. The Balaban J connectivity index is 1.34. The number of epoxide rings is 3. The van der Waals surface area contributed by atoms with Gasteiger partial charge in [0.05, 0.1) is 38.1 Å². The standard InChI is InChI=1S/C29H30O3/c1-29(23-8-2-20(3-9-23)14-26-17-30-26,24-10-4-21(5-11-24)15-27-18-31-27)25-12-6-22(7-13-25)16-28-19-32-28/h2-13,26-28H,14-19H2,1H3. The summed E-state index contributed by atoms with van der Waals surface area (Å²) in [7, 11) is 0. The highest BCUT2D eigenvalue weighted by molar-refractivity contribution is 5.51. The molecular formula is C29H30O3. The van der Waals surface area contributed by atoms with Crippen LogP contribution >= 0.6 is 0 Å². The Morgan fingerprint density at radius 3 is 1.00 bits per heavy atom. The Morgan fingerprint density at radius 2 is 0.781 bits per heavy atom. The quantitative estimate of drug-likeness (QED) is 0.362. The first-order valence-electron chi connectivity index (χ1n) is 11.8. The number of hydrogen-bond donors (Lipinski definition) is 0. The minimum Gasteiger partial charge on any atom is -0.373 e. The van der Waals surface area contributed by atoms with Crippen LogP contribution in [0, 0.1) is 0 Å². The number of hydrogen-bond acceptors (Lipinski definition) is 3. The molecule has 3 aliphatic rings. The fourth-order valence-corrected chi connectivity index (χ4v) is 4.77. The molecule has 3 fully saturated rings. The topological polar surface area (TPSA) is 37.6 Å². The van der Waals surface area contributed by atoms with E-state index in [4.69, 9.17) is 14.2 Å². The van der Waals surface area contributed by atoms with Crippen LogP contribution in [0.4, 0.5) is 0 Å². The summed E-state index contributed by atoms with van der Waals surface area (Å²) in [5, 5.41) is 0. The number of rotatable bonds is 9. The van der Waals surface area contributed by atoms with Gasteiger partial charge in [-0.15, -0.1) is 0 Å². The molecule has 0 bridgehead atoms. The lowest BCUT2D eigenvalue weighted by Gasteiger charge is -2.32. The molecule has 3 nitrogen and oxygen atoms in total. The summed E-state index contributed by atoms with van der Waals surface area (Å²) in [6, 6.07) is 27.4. The lowest BCUT2D eigenvalue weighted by Crippen LogP contribution is -2.25. The third-order valence-electron chi connectivity index (χ3n) is 7.19. The highest BCUT2D eigenvalue weighted by atomic mass is 16.6. The molecule has 6 rings (SSSR count). The lowest BCUT2D eigenvalue weighted by atomic mass is 9.70. The fraction of sp³-hybridized carbons (Fsp3) is 0.379. The van der Waals surface area contributed by atoms with Crippen molar-refractivity contribution in [3.05, 3.63) is 106 Å². The summed E-state index contributed by atoms with van der Waals surface area (Å²) < 4.78 is 16.3. The average molecular weight is 427 g/mol. The maximum absolute atomic E-state index is 5.42. The normalized spacial score (nSPS) is 25.2. The van der Waals surface area contributed by atoms with Crippen LogP contribution in [-0.2, 0) is 38.9 Å². The third kappa shape index (κ3) is 4.38. The second-order valence-corrected chi connectivity index (χ2v) is 9.69. The van der Waals surface area contributed by atoms with Gasteiger partial charge in [-0.3, -0.25) is 0 Å². The van der Waals surface area contributed by atoms with Gasteiger partial charge in [0.1, 0.15) is 0 Å². The van der Waals surface area contributed by atoms with Gasteiger partial charge in [-0.05, 0) is 40.3 Å². The van der Waals surface area contributed by atoms with Crippen molar-refractivity contribution in [2.75, 3.05) is 19.8 Å². The van der Waals surface area contributed by atoms with Crippen LogP contribution in [0.1, 0.15) is 40.3 Å². The molecule has 0 saturated carbocycles. The van der Waals surface area contributed by atoms with E-state index in [1.807, 2.05) is 0 Å². The largest absolute Gasteiger partial charge is 0.373 e. The molecule has 3 aromatic carbocycles. The summed E-state index contributed by atoms with van der Waals surface area (Å²) in [6.45, 7) is 5.05. The summed E-state index contributed by atoms with van der Waals surface area (Å²) in [4.78, 5) is 0. The summed E-state index contributed by atoms with van der Waals surface area (Å²) >= 11 is 0. The zero-order valence-corrected chi connectivity index (χ0v) is 18.6. The van der Waals surface area contributed by atoms with Gasteiger partial charge in [0, 0.05) is 24.7 Å². The molecule has 0 spiro atoms. The van der Waals surface area contributed by atoms with Crippen molar-refractivity contribution in [3.63, 3.8) is 0 Å². The van der Waals surface area contributed by atoms with Crippen LogP contribution in [-0.4, -0.2) is 38.1 Å². The van der Waals surface area contributed by atoms with Crippen molar-refractivity contribution in [1.82, 2.24) is 0 Å². The monoisotopic (exact) mass is 426 g/mol. The van der Waals surface area contributed by atoms with Gasteiger partial charge in [0.2, 0.25) is 0 Å². The van der Waals surface area contributed by atoms with E-state index < -0.39 is 0 Å². The fourth-order valence-electron chi connectivity index (χ4n) is 4.77. The van der Waals surface area contributed by atoms with Gasteiger partial charge in [0.25, 0.3) is 0 Å². The molecule has 164 valence electrons. The van der Waals surface area contributed by atoms with E-state index >= 15 is 0 Å². The van der Waals surface area contributed by atoms with Gasteiger partial charge in [0.15, 0.2) is 0 Å².